The van der Waals surface area contributed by atoms with Crippen molar-refractivity contribution in [3.05, 3.63) is 11.7 Å². The summed E-state index contributed by atoms with van der Waals surface area (Å²) in [4.78, 5) is 11.3. The fourth-order valence-corrected chi connectivity index (χ4v) is 3.06. The molecule has 1 saturated heterocycles. The Labute approximate surface area is 174 Å². The maximum atomic E-state index is 5.27. The minimum atomic E-state index is 0. The number of guanidine groups is 1. The van der Waals surface area contributed by atoms with E-state index in [0.29, 0.717) is 24.3 Å². The molecule has 1 aromatic rings. The molecule has 150 valence electrons. The van der Waals surface area contributed by atoms with Gasteiger partial charge in [-0.25, -0.2) is 0 Å². The average molecular weight is 478 g/mol. The SMILES string of the molecule is CN=C(NCCc1nc(C(C)C)no1)NC1CCN(CC(C)C)CC1.I. The third kappa shape index (κ3) is 7.77. The fourth-order valence-electron chi connectivity index (χ4n) is 3.06. The second kappa shape index (κ2) is 11.7. The van der Waals surface area contributed by atoms with Gasteiger partial charge in [-0.15, -0.1) is 24.0 Å². The summed E-state index contributed by atoms with van der Waals surface area (Å²) in [6, 6.07) is 0.491. The summed E-state index contributed by atoms with van der Waals surface area (Å²) in [5.41, 5.74) is 0. The van der Waals surface area contributed by atoms with Crippen LogP contribution in [0.5, 0.6) is 0 Å². The largest absolute Gasteiger partial charge is 0.356 e. The Hall–Kier alpha value is -0.900. The second-order valence-corrected chi connectivity index (χ2v) is 7.56. The van der Waals surface area contributed by atoms with Crippen LogP contribution in [-0.2, 0) is 6.42 Å². The zero-order valence-corrected chi connectivity index (χ0v) is 19.1. The van der Waals surface area contributed by atoms with Gasteiger partial charge < -0.3 is 20.1 Å². The molecule has 1 fully saturated rings. The van der Waals surface area contributed by atoms with Crippen molar-refractivity contribution >= 4 is 29.9 Å². The minimum absolute atomic E-state index is 0. The molecule has 1 aliphatic rings. The highest BCUT2D eigenvalue weighted by molar-refractivity contribution is 14.0. The standard InChI is InChI=1S/C18H34N6O.HI/c1-13(2)12-24-10-7-15(8-11-24)21-18(19-5)20-9-6-16-22-17(14(3)4)23-25-16;/h13-15H,6-12H2,1-5H3,(H2,19,20,21);1H. The number of hydrogen-bond acceptors (Lipinski definition) is 5. The first-order valence-electron chi connectivity index (χ1n) is 9.50. The van der Waals surface area contributed by atoms with Crippen LogP contribution in [0.1, 0.15) is 58.2 Å². The lowest BCUT2D eigenvalue weighted by Crippen LogP contribution is -2.49. The smallest absolute Gasteiger partial charge is 0.228 e. The van der Waals surface area contributed by atoms with Crippen molar-refractivity contribution in [2.45, 2.75) is 58.9 Å². The van der Waals surface area contributed by atoms with Gasteiger partial charge in [0.2, 0.25) is 5.89 Å². The molecule has 0 unspecified atom stereocenters. The van der Waals surface area contributed by atoms with E-state index >= 15 is 0 Å². The van der Waals surface area contributed by atoms with E-state index in [1.165, 1.54) is 6.54 Å². The van der Waals surface area contributed by atoms with Gasteiger partial charge >= 0.3 is 0 Å². The molecular formula is C18H35IN6O. The Bertz CT molecular complexity index is 538. The molecule has 26 heavy (non-hydrogen) atoms. The first-order chi connectivity index (χ1) is 12.0. The quantitative estimate of drug-likeness (QED) is 0.357. The van der Waals surface area contributed by atoms with E-state index in [2.05, 4.69) is 58.4 Å². The van der Waals surface area contributed by atoms with E-state index in [0.717, 1.165) is 50.2 Å². The average Bonchev–Trinajstić information content (AvgIpc) is 3.04. The van der Waals surface area contributed by atoms with Gasteiger partial charge in [-0.2, -0.15) is 4.98 Å². The van der Waals surface area contributed by atoms with Crippen molar-refractivity contribution in [3.63, 3.8) is 0 Å². The predicted molar refractivity (Wildman–Crippen MR) is 116 cm³/mol. The van der Waals surface area contributed by atoms with Crippen LogP contribution in [0.25, 0.3) is 0 Å². The number of likely N-dealkylation sites (tertiary alicyclic amines) is 1. The molecule has 1 aliphatic heterocycles. The lowest BCUT2D eigenvalue weighted by Gasteiger charge is -2.33. The van der Waals surface area contributed by atoms with Crippen molar-refractivity contribution in [3.8, 4) is 0 Å². The van der Waals surface area contributed by atoms with E-state index in [9.17, 15) is 0 Å². The molecule has 7 nitrogen and oxygen atoms in total. The molecule has 2 heterocycles. The summed E-state index contributed by atoms with van der Waals surface area (Å²) < 4.78 is 5.27. The maximum absolute atomic E-state index is 5.27. The van der Waals surface area contributed by atoms with Gasteiger partial charge in [0.1, 0.15) is 0 Å². The molecule has 2 rings (SSSR count). The van der Waals surface area contributed by atoms with Crippen molar-refractivity contribution in [1.29, 1.82) is 0 Å². The highest BCUT2D eigenvalue weighted by Gasteiger charge is 2.20. The van der Waals surface area contributed by atoms with E-state index in [1.54, 1.807) is 0 Å². The van der Waals surface area contributed by atoms with Gasteiger partial charge in [0.15, 0.2) is 11.8 Å². The number of nitrogens with one attached hydrogen (secondary N) is 2. The molecule has 0 saturated carbocycles. The number of aromatic nitrogens is 2. The third-order valence-corrected chi connectivity index (χ3v) is 4.41. The fraction of sp³-hybridized carbons (Fsp3) is 0.833. The van der Waals surface area contributed by atoms with Gasteiger partial charge in [-0.1, -0.05) is 32.9 Å². The molecule has 8 heteroatoms. The highest BCUT2D eigenvalue weighted by Crippen LogP contribution is 2.12. The molecular weight excluding hydrogens is 443 g/mol. The van der Waals surface area contributed by atoms with Gasteiger partial charge in [0, 0.05) is 51.6 Å². The Kier molecular flexibility index (Phi) is 10.4. The van der Waals surface area contributed by atoms with E-state index in [1.807, 2.05) is 7.05 Å². The summed E-state index contributed by atoms with van der Waals surface area (Å²) in [5, 5.41) is 10.9. The number of halogens is 1. The van der Waals surface area contributed by atoms with Crippen molar-refractivity contribution in [1.82, 2.24) is 25.7 Å². The molecule has 0 spiro atoms. The van der Waals surface area contributed by atoms with Gasteiger partial charge in [0.25, 0.3) is 0 Å². The lowest BCUT2D eigenvalue weighted by atomic mass is 10.0. The van der Waals surface area contributed by atoms with Gasteiger partial charge in [0.05, 0.1) is 0 Å². The van der Waals surface area contributed by atoms with Crippen LogP contribution in [0, 0.1) is 5.92 Å². The first kappa shape index (κ1) is 23.1. The third-order valence-electron chi connectivity index (χ3n) is 4.41. The summed E-state index contributed by atoms with van der Waals surface area (Å²) in [6.45, 7) is 12.9. The van der Waals surface area contributed by atoms with Crippen molar-refractivity contribution in [2.75, 3.05) is 33.2 Å². The lowest BCUT2D eigenvalue weighted by molar-refractivity contribution is 0.187. The zero-order chi connectivity index (χ0) is 18.2. The van der Waals surface area contributed by atoms with Crippen molar-refractivity contribution in [2.24, 2.45) is 10.9 Å². The summed E-state index contributed by atoms with van der Waals surface area (Å²) in [7, 11) is 1.81. The molecule has 0 atom stereocenters. The normalized spacial score (nSPS) is 16.8. The molecule has 0 amide bonds. The van der Waals surface area contributed by atoms with E-state index in [4.69, 9.17) is 4.52 Å². The van der Waals surface area contributed by atoms with Crippen LogP contribution in [0.2, 0.25) is 0 Å². The molecule has 0 aromatic carbocycles. The number of hydrogen-bond donors (Lipinski definition) is 2. The zero-order valence-electron chi connectivity index (χ0n) is 16.8. The number of rotatable bonds is 7. The van der Waals surface area contributed by atoms with Gasteiger partial charge in [-0.05, 0) is 18.8 Å². The summed E-state index contributed by atoms with van der Waals surface area (Å²) in [5.74, 6) is 3.33. The highest BCUT2D eigenvalue weighted by atomic mass is 127. The number of aliphatic imine (C=N–C) groups is 1. The first-order valence-corrected chi connectivity index (χ1v) is 9.50. The molecule has 0 radical (unpaired) electrons. The maximum Gasteiger partial charge on any atom is 0.228 e. The molecule has 1 aromatic heterocycles. The van der Waals surface area contributed by atoms with Crippen LogP contribution in [-0.4, -0.2) is 60.3 Å². The molecule has 2 N–H and O–H groups in total. The Morgan fingerprint density at radius 1 is 1.27 bits per heavy atom. The number of piperidine rings is 1. The van der Waals surface area contributed by atoms with Crippen LogP contribution in [0.15, 0.2) is 9.52 Å². The minimum Gasteiger partial charge on any atom is -0.356 e. The Morgan fingerprint density at radius 2 is 1.96 bits per heavy atom. The van der Waals surface area contributed by atoms with Gasteiger partial charge in [-0.3, -0.25) is 4.99 Å². The monoisotopic (exact) mass is 478 g/mol. The number of nitrogens with zero attached hydrogens (tertiary/aromatic N) is 4. The van der Waals surface area contributed by atoms with Crippen LogP contribution in [0.3, 0.4) is 0 Å². The Balaban J connectivity index is 0.00000338. The molecule has 0 aliphatic carbocycles. The van der Waals surface area contributed by atoms with Crippen LogP contribution in [0.4, 0.5) is 0 Å². The van der Waals surface area contributed by atoms with Crippen LogP contribution >= 0.6 is 24.0 Å². The molecule has 0 bridgehead atoms. The second-order valence-electron chi connectivity index (χ2n) is 7.56. The summed E-state index contributed by atoms with van der Waals surface area (Å²) >= 11 is 0. The van der Waals surface area contributed by atoms with Crippen LogP contribution < -0.4 is 10.6 Å². The summed E-state index contributed by atoms with van der Waals surface area (Å²) in [6.07, 6.45) is 3.02. The van der Waals surface area contributed by atoms with E-state index in [-0.39, 0.29) is 24.0 Å². The van der Waals surface area contributed by atoms with Crippen molar-refractivity contribution < 1.29 is 4.52 Å². The predicted octanol–water partition coefficient (Wildman–Crippen LogP) is 2.64. The Morgan fingerprint density at radius 3 is 2.50 bits per heavy atom. The topological polar surface area (TPSA) is 78.6 Å². The van der Waals surface area contributed by atoms with E-state index < -0.39 is 0 Å².